The molecule has 4 heteroatoms. The van der Waals surface area contributed by atoms with Crippen molar-refractivity contribution in [2.75, 3.05) is 20.3 Å². The molecule has 0 amide bonds. The second kappa shape index (κ2) is 7.98. The van der Waals surface area contributed by atoms with Crippen molar-refractivity contribution in [1.29, 1.82) is 0 Å². The maximum absolute atomic E-state index is 5.17. The number of ether oxygens (including phenoxy) is 1. The SMILES string of the molecule is CCC(C)CC(CC)(NCCOC)c1nc(C)cs1. The molecule has 1 rings (SSSR count). The van der Waals surface area contributed by atoms with Crippen molar-refractivity contribution in [3.05, 3.63) is 16.1 Å². The molecule has 110 valence electrons. The minimum absolute atomic E-state index is 0.00683. The topological polar surface area (TPSA) is 34.1 Å². The van der Waals surface area contributed by atoms with Crippen LogP contribution >= 0.6 is 11.3 Å². The first kappa shape index (κ1) is 16.6. The Morgan fingerprint density at radius 2 is 2.21 bits per heavy atom. The molecule has 0 saturated heterocycles. The molecule has 1 aromatic heterocycles. The number of rotatable bonds is 9. The van der Waals surface area contributed by atoms with Crippen molar-refractivity contribution in [2.24, 2.45) is 5.92 Å². The van der Waals surface area contributed by atoms with Crippen LogP contribution in [-0.4, -0.2) is 25.2 Å². The number of hydrogen-bond donors (Lipinski definition) is 1. The van der Waals surface area contributed by atoms with E-state index < -0.39 is 0 Å². The second-order valence-electron chi connectivity index (χ2n) is 5.37. The Morgan fingerprint density at radius 3 is 2.68 bits per heavy atom. The van der Waals surface area contributed by atoms with Gasteiger partial charge in [-0.15, -0.1) is 11.3 Å². The van der Waals surface area contributed by atoms with Crippen LogP contribution in [0.25, 0.3) is 0 Å². The maximum Gasteiger partial charge on any atom is 0.113 e. The lowest BCUT2D eigenvalue weighted by Gasteiger charge is -2.34. The molecule has 0 spiro atoms. The number of nitrogens with one attached hydrogen (secondary N) is 1. The van der Waals surface area contributed by atoms with Gasteiger partial charge >= 0.3 is 0 Å². The van der Waals surface area contributed by atoms with Crippen molar-refractivity contribution in [2.45, 2.75) is 52.5 Å². The Hall–Kier alpha value is -0.450. The maximum atomic E-state index is 5.17. The van der Waals surface area contributed by atoms with E-state index in [0.29, 0.717) is 5.92 Å². The zero-order valence-electron chi connectivity index (χ0n) is 13.0. The lowest BCUT2D eigenvalue weighted by Crippen LogP contribution is -2.44. The molecule has 0 radical (unpaired) electrons. The lowest BCUT2D eigenvalue weighted by molar-refractivity contribution is 0.171. The van der Waals surface area contributed by atoms with Crippen molar-refractivity contribution in [3.8, 4) is 0 Å². The molecule has 0 aromatic carbocycles. The van der Waals surface area contributed by atoms with Gasteiger partial charge in [-0.05, 0) is 25.7 Å². The quantitative estimate of drug-likeness (QED) is 0.702. The Morgan fingerprint density at radius 1 is 1.47 bits per heavy atom. The van der Waals surface area contributed by atoms with E-state index in [-0.39, 0.29) is 5.54 Å². The summed E-state index contributed by atoms with van der Waals surface area (Å²) in [6, 6.07) is 0. The zero-order chi connectivity index (χ0) is 14.3. The highest BCUT2D eigenvalue weighted by Gasteiger charge is 2.33. The summed E-state index contributed by atoms with van der Waals surface area (Å²) in [6.45, 7) is 10.5. The lowest BCUT2D eigenvalue weighted by atomic mass is 9.85. The zero-order valence-corrected chi connectivity index (χ0v) is 13.8. The number of hydrogen-bond acceptors (Lipinski definition) is 4. The van der Waals surface area contributed by atoms with Crippen molar-refractivity contribution < 1.29 is 4.74 Å². The van der Waals surface area contributed by atoms with Gasteiger partial charge in [-0.25, -0.2) is 4.98 Å². The highest BCUT2D eigenvalue weighted by molar-refractivity contribution is 7.09. The summed E-state index contributed by atoms with van der Waals surface area (Å²) in [5.41, 5.74) is 1.13. The van der Waals surface area contributed by atoms with E-state index in [1.54, 1.807) is 18.4 Å². The first-order chi connectivity index (χ1) is 9.07. The molecule has 1 aromatic rings. The van der Waals surface area contributed by atoms with E-state index >= 15 is 0 Å². The van der Waals surface area contributed by atoms with Crippen LogP contribution in [-0.2, 0) is 10.3 Å². The van der Waals surface area contributed by atoms with E-state index in [9.17, 15) is 0 Å². The molecule has 0 bridgehead atoms. The molecular weight excluding hydrogens is 256 g/mol. The molecule has 0 saturated carbocycles. The minimum atomic E-state index is 0.00683. The van der Waals surface area contributed by atoms with Crippen LogP contribution in [0.3, 0.4) is 0 Å². The van der Waals surface area contributed by atoms with Crippen molar-refractivity contribution >= 4 is 11.3 Å². The van der Waals surface area contributed by atoms with Crippen LogP contribution in [0, 0.1) is 12.8 Å². The number of aryl methyl sites for hydroxylation is 1. The molecule has 0 aliphatic rings. The van der Waals surface area contributed by atoms with Gasteiger partial charge in [0.25, 0.3) is 0 Å². The average molecular weight is 284 g/mol. The summed E-state index contributed by atoms with van der Waals surface area (Å²) in [5.74, 6) is 0.694. The summed E-state index contributed by atoms with van der Waals surface area (Å²) >= 11 is 1.78. The largest absolute Gasteiger partial charge is 0.383 e. The average Bonchev–Trinajstić information content (AvgIpc) is 2.84. The van der Waals surface area contributed by atoms with E-state index in [1.807, 2.05) is 0 Å². The van der Waals surface area contributed by atoms with Crippen LogP contribution in [0.15, 0.2) is 5.38 Å². The summed E-state index contributed by atoms with van der Waals surface area (Å²) in [6.07, 6.45) is 3.41. The van der Waals surface area contributed by atoms with Gasteiger partial charge in [0.1, 0.15) is 5.01 Å². The summed E-state index contributed by atoms with van der Waals surface area (Å²) in [5, 5.41) is 7.07. The van der Waals surface area contributed by atoms with Crippen molar-refractivity contribution in [1.82, 2.24) is 10.3 Å². The van der Waals surface area contributed by atoms with Crippen LogP contribution in [0.4, 0.5) is 0 Å². The number of nitrogens with zero attached hydrogens (tertiary/aromatic N) is 1. The standard InChI is InChI=1S/C15H28N2OS/c1-6-12(3)10-15(7-2,16-8-9-18-5)14-17-13(4)11-19-14/h11-12,16H,6-10H2,1-5H3. The Labute approximate surface area is 121 Å². The predicted molar refractivity (Wildman–Crippen MR) is 82.8 cm³/mol. The Bertz CT molecular complexity index is 367. The molecular formula is C15H28N2OS. The Balaban J connectivity index is 2.91. The van der Waals surface area contributed by atoms with Gasteiger partial charge in [-0.2, -0.15) is 0 Å². The van der Waals surface area contributed by atoms with Gasteiger partial charge in [0.15, 0.2) is 0 Å². The second-order valence-corrected chi connectivity index (χ2v) is 6.22. The molecule has 0 fully saturated rings. The fourth-order valence-electron chi connectivity index (χ4n) is 2.36. The van der Waals surface area contributed by atoms with Gasteiger partial charge < -0.3 is 10.1 Å². The van der Waals surface area contributed by atoms with Crippen LogP contribution < -0.4 is 5.32 Å². The molecule has 1 N–H and O–H groups in total. The van der Waals surface area contributed by atoms with Gasteiger partial charge in [0.05, 0.1) is 12.1 Å². The van der Waals surface area contributed by atoms with Crippen LogP contribution in [0.5, 0.6) is 0 Å². The number of aromatic nitrogens is 1. The molecule has 2 unspecified atom stereocenters. The van der Waals surface area contributed by atoms with Gasteiger partial charge in [0, 0.05) is 24.7 Å². The highest BCUT2D eigenvalue weighted by Crippen LogP contribution is 2.34. The number of methoxy groups -OCH3 is 1. The van der Waals surface area contributed by atoms with Gasteiger partial charge in [-0.1, -0.05) is 27.2 Å². The van der Waals surface area contributed by atoms with Crippen LogP contribution in [0.1, 0.15) is 50.7 Å². The van der Waals surface area contributed by atoms with Gasteiger partial charge in [0.2, 0.25) is 0 Å². The fraction of sp³-hybridized carbons (Fsp3) is 0.800. The molecule has 3 nitrogen and oxygen atoms in total. The van der Waals surface area contributed by atoms with E-state index in [1.165, 1.54) is 11.4 Å². The Kier molecular flexibility index (Phi) is 6.97. The summed E-state index contributed by atoms with van der Waals surface area (Å²) in [7, 11) is 1.75. The predicted octanol–water partition coefficient (Wildman–Crippen LogP) is 3.73. The highest BCUT2D eigenvalue weighted by atomic mass is 32.1. The smallest absolute Gasteiger partial charge is 0.113 e. The van der Waals surface area contributed by atoms with E-state index in [2.05, 4.69) is 38.4 Å². The first-order valence-electron chi connectivity index (χ1n) is 7.24. The molecule has 1 heterocycles. The van der Waals surface area contributed by atoms with Crippen molar-refractivity contribution in [3.63, 3.8) is 0 Å². The third-order valence-corrected chi connectivity index (χ3v) is 4.96. The molecule has 0 aliphatic carbocycles. The molecule has 2 atom stereocenters. The van der Waals surface area contributed by atoms with E-state index in [0.717, 1.165) is 31.7 Å². The normalized spacial score (nSPS) is 16.3. The minimum Gasteiger partial charge on any atom is -0.383 e. The summed E-state index contributed by atoms with van der Waals surface area (Å²) in [4.78, 5) is 4.74. The summed E-state index contributed by atoms with van der Waals surface area (Å²) < 4.78 is 5.17. The first-order valence-corrected chi connectivity index (χ1v) is 8.12. The van der Waals surface area contributed by atoms with E-state index in [4.69, 9.17) is 9.72 Å². The third-order valence-electron chi connectivity index (χ3n) is 3.80. The molecule has 19 heavy (non-hydrogen) atoms. The monoisotopic (exact) mass is 284 g/mol. The fourth-order valence-corrected chi connectivity index (χ4v) is 3.42. The van der Waals surface area contributed by atoms with Gasteiger partial charge in [-0.3, -0.25) is 0 Å². The number of thiazole rings is 1. The van der Waals surface area contributed by atoms with Crippen LogP contribution in [0.2, 0.25) is 0 Å². The third kappa shape index (κ3) is 4.55. The molecule has 0 aliphatic heterocycles.